The maximum absolute atomic E-state index is 11.6. The van der Waals surface area contributed by atoms with Gasteiger partial charge in [0.1, 0.15) is 10.6 Å². The first-order valence-corrected chi connectivity index (χ1v) is 8.25. The zero-order chi connectivity index (χ0) is 14.8. The van der Waals surface area contributed by atoms with Gasteiger partial charge in [-0.05, 0) is 12.1 Å². The van der Waals surface area contributed by atoms with Crippen molar-refractivity contribution in [3.8, 4) is 0 Å². The third kappa shape index (κ3) is 3.11. The maximum Gasteiger partial charge on any atom is 0.310 e. The topological polar surface area (TPSA) is 102 Å². The third-order valence-electron chi connectivity index (χ3n) is 2.52. The van der Waals surface area contributed by atoms with Gasteiger partial charge in [0.05, 0.1) is 17.0 Å². The minimum absolute atomic E-state index is 0.173. The Morgan fingerprint density at radius 2 is 2.20 bits per heavy atom. The van der Waals surface area contributed by atoms with Gasteiger partial charge in [-0.2, -0.15) is 0 Å². The molecule has 0 spiro atoms. The lowest BCUT2D eigenvalue weighted by atomic mass is 10.2. The van der Waals surface area contributed by atoms with Crippen molar-refractivity contribution in [3.05, 3.63) is 44.9 Å². The zero-order valence-electron chi connectivity index (χ0n) is 10.4. The summed E-state index contributed by atoms with van der Waals surface area (Å²) in [6, 6.07) is 4.18. The van der Waals surface area contributed by atoms with Crippen molar-refractivity contribution < 1.29 is 13.3 Å². The number of nitro groups is 1. The van der Waals surface area contributed by atoms with E-state index in [2.05, 4.69) is 10.3 Å². The van der Waals surface area contributed by atoms with Gasteiger partial charge in [0.2, 0.25) is 0 Å². The van der Waals surface area contributed by atoms with Crippen molar-refractivity contribution in [3.63, 3.8) is 0 Å². The summed E-state index contributed by atoms with van der Waals surface area (Å²) < 4.78 is 23.2. The van der Waals surface area contributed by atoms with Crippen LogP contribution in [0.25, 0.3) is 0 Å². The van der Waals surface area contributed by atoms with Gasteiger partial charge in [-0.1, -0.05) is 6.07 Å². The molecule has 20 heavy (non-hydrogen) atoms. The van der Waals surface area contributed by atoms with Gasteiger partial charge >= 0.3 is 5.69 Å². The molecular weight excluding hydrogens is 302 g/mol. The number of nitrogens with zero attached hydrogens (tertiary/aromatic N) is 2. The van der Waals surface area contributed by atoms with Gasteiger partial charge in [0.25, 0.3) is 0 Å². The first-order chi connectivity index (χ1) is 9.39. The average Bonchev–Trinajstić information content (AvgIpc) is 2.87. The van der Waals surface area contributed by atoms with Gasteiger partial charge in [-0.25, -0.2) is 8.42 Å². The molecule has 0 atom stereocenters. The summed E-state index contributed by atoms with van der Waals surface area (Å²) in [5.41, 5.74) is 1.39. The van der Waals surface area contributed by atoms with E-state index < -0.39 is 20.4 Å². The molecule has 0 aliphatic rings. The second-order valence-electron chi connectivity index (χ2n) is 4.00. The van der Waals surface area contributed by atoms with Gasteiger partial charge in [-0.15, -0.1) is 11.3 Å². The van der Waals surface area contributed by atoms with Crippen LogP contribution in [0.4, 0.5) is 11.4 Å². The van der Waals surface area contributed by atoms with E-state index in [0.717, 1.165) is 11.1 Å². The highest BCUT2D eigenvalue weighted by Gasteiger charge is 2.25. The van der Waals surface area contributed by atoms with E-state index in [1.54, 1.807) is 11.7 Å². The number of benzene rings is 1. The summed E-state index contributed by atoms with van der Waals surface area (Å²) in [6.07, 6.45) is 2.59. The number of sulfone groups is 1. The maximum atomic E-state index is 11.6. The SMILES string of the molecule is CS(=O)(=O)c1cccc(NCc2cncs2)c1[N+](=O)[O-]. The van der Waals surface area contributed by atoms with E-state index in [1.165, 1.54) is 29.5 Å². The molecule has 0 radical (unpaired) electrons. The quantitative estimate of drug-likeness (QED) is 0.669. The molecule has 1 aromatic carbocycles. The lowest BCUT2D eigenvalue weighted by Gasteiger charge is -2.08. The Bertz CT molecular complexity index is 726. The second-order valence-corrected chi connectivity index (χ2v) is 6.96. The summed E-state index contributed by atoms with van der Waals surface area (Å²) >= 11 is 1.40. The monoisotopic (exact) mass is 313 g/mol. The van der Waals surface area contributed by atoms with Crippen LogP contribution in [0.15, 0.2) is 34.8 Å². The molecule has 1 heterocycles. The van der Waals surface area contributed by atoms with Gasteiger partial charge < -0.3 is 5.32 Å². The Labute approximate surface area is 119 Å². The molecule has 7 nitrogen and oxygen atoms in total. The summed E-state index contributed by atoms with van der Waals surface area (Å²) in [5, 5.41) is 14.0. The third-order valence-corrected chi connectivity index (χ3v) is 4.43. The first kappa shape index (κ1) is 14.4. The molecular formula is C11H11N3O4S2. The number of thiazole rings is 1. The molecule has 2 aromatic rings. The van der Waals surface area contributed by atoms with E-state index in [0.29, 0.717) is 6.54 Å². The standard InChI is InChI=1S/C11H11N3O4S2/c1-20(17,18)10-4-2-3-9(11(10)14(15)16)13-6-8-5-12-7-19-8/h2-5,7,13H,6H2,1H3. The highest BCUT2D eigenvalue weighted by molar-refractivity contribution is 7.90. The molecule has 106 valence electrons. The lowest BCUT2D eigenvalue weighted by molar-refractivity contribution is -0.386. The summed E-state index contributed by atoms with van der Waals surface area (Å²) in [7, 11) is -3.66. The predicted molar refractivity (Wildman–Crippen MR) is 75.6 cm³/mol. The Balaban J connectivity index is 2.40. The Morgan fingerprint density at radius 3 is 2.75 bits per heavy atom. The van der Waals surface area contributed by atoms with Crippen LogP contribution in [0.2, 0.25) is 0 Å². The molecule has 1 N–H and O–H groups in total. The van der Waals surface area contributed by atoms with E-state index in [-0.39, 0.29) is 10.6 Å². The van der Waals surface area contributed by atoms with Crippen LogP contribution in [0.1, 0.15) is 4.88 Å². The van der Waals surface area contributed by atoms with Crippen LogP contribution < -0.4 is 5.32 Å². The minimum Gasteiger partial charge on any atom is -0.374 e. The molecule has 2 rings (SSSR count). The van der Waals surface area contributed by atoms with Crippen molar-refractivity contribution >= 4 is 32.5 Å². The molecule has 0 amide bonds. The molecule has 0 bridgehead atoms. The van der Waals surface area contributed by atoms with Gasteiger partial charge in [-0.3, -0.25) is 15.1 Å². The van der Waals surface area contributed by atoms with Gasteiger partial charge in [0, 0.05) is 17.3 Å². The molecule has 0 unspecified atom stereocenters. The Kier molecular flexibility index (Phi) is 4.00. The summed E-state index contributed by atoms with van der Waals surface area (Å²) in [4.78, 5) is 14.9. The zero-order valence-corrected chi connectivity index (χ0v) is 12.1. The van der Waals surface area contributed by atoms with Crippen molar-refractivity contribution in [2.45, 2.75) is 11.4 Å². The molecule has 0 fully saturated rings. The second kappa shape index (κ2) is 5.55. The van der Waals surface area contributed by atoms with E-state index in [1.807, 2.05) is 0 Å². The average molecular weight is 313 g/mol. The highest BCUT2D eigenvalue weighted by atomic mass is 32.2. The number of rotatable bonds is 5. The van der Waals surface area contributed by atoms with Crippen molar-refractivity contribution in [2.75, 3.05) is 11.6 Å². The lowest BCUT2D eigenvalue weighted by Crippen LogP contribution is -2.07. The van der Waals surface area contributed by atoms with E-state index in [4.69, 9.17) is 0 Å². The fourth-order valence-corrected chi connectivity index (χ4v) is 3.06. The summed E-state index contributed by atoms with van der Waals surface area (Å²) in [5.74, 6) is 0. The van der Waals surface area contributed by atoms with Crippen LogP contribution in [0.5, 0.6) is 0 Å². The van der Waals surface area contributed by atoms with Crippen LogP contribution in [0, 0.1) is 10.1 Å². The Morgan fingerprint density at radius 1 is 1.45 bits per heavy atom. The fourth-order valence-electron chi connectivity index (χ4n) is 1.66. The van der Waals surface area contributed by atoms with Crippen LogP contribution in [-0.4, -0.2) is 24.6 Å². The molecule has 1 aromatic heterocycles. The highest BCUT2D eigenvalue weighted by Crippen LogP contribution is 2.32. The number of nitrogens with one attached hydrogen (secondary N) is 1. The predicted octanol–water partition coefficient (Wildman–Crippen LogP) is 2.07. The Hall–Kier alpha value is -2.00. The smallest absolute Gasteiger partial charge is 0.310 e. The number of para-hydroxylation sites is 1. The molecule has 0 aliphatic carbocycles. The number of hydrogen-bond acceptors (Lipinski definition) is 7. The van der Waals surface area contributed by atoms with Crippen LogP contribution in [0.3, 0.4) is 0 Å². The van der Waals surface area contributed by atoms with Crippen LogP contribution in [-0.2, 0) is 16.4 Å². The molecule has 0 saturated carbocycles. The molecule has 0 saturated heterocycles. The number of nitro benzene ring substituents is 1. The number of anilines is 1. The molecule has 9 heteroatoms. The largest absolute Gasteiger partial charge is 0.374 e. The minimum atomic E-state index is -3.66. The van der Waals surface area contributed by atoms with E-state index >= 15 is 0 Å². The number of aromatic nitrogens is 1. The van der Waals surface area contributed by atoms with Crippen molar-refractivity contribution in [1.82, 2.24) is 4.98 Å². The van der Waals surface area contributed by atoms with Crippen molar-refractivity contribution in [1.29, 1.82) is 0 Å². The van der Waals surface area contributed by atoms with Gasteiger partial charge in [0.15, 0.2) is 9.84 Å². The fraction of sp³-hybridized carbons (Fsp3) is 0.182. The normalized spacial score (nSPS) is 11.2. The first-order valence-electron chi connectivity index (χ1n) is 5.48. The van der Waals surface area contributed by atoms with Crippen molar-refractivity contribution in [2.24, 2.45) is 0 Å². The van der Waals surface area contributed by atoms with Crippen LogP contribution >= 0.6 is 11.3 Å². The van der Waals surface area contributed by atoms with E-state index in [9.17, 15) is 18.5 Å². The molecule has 0 aliphatic heterocycles. The number of hydrogen-bond donors (Lipinski definition) is 1. The summed E-state index contributed by atoms with van der Waals surface area (Å²) in [6.45, 7) is 0.346.